The van der Waals surface area contributed by atoms with Gasteiger partial charge in [0.25, 0.3) is 0 Å². The van der Waals surface area contributed by atoms with Crippen LogP contribution in [0.4, 0.5) is 17.6 Å². The zero-order chi connectivity index (χ0) is 18.5. The van der Waals surface area contributed by atoms with E-state index in [0.717, 1.165) is 11.2 Å². The van der Waals surface area contributed by atoms with Gasteiger partial charge < -0.3 is 20.4 Å². The third kappa shape index (κ3) is 2.87. The summed E-state index contributed by atoms with van der Waals surface area (Å²) < 4.78 is 1.64. The number of anilines is 3. The van der Waals surface area contributed by atoms with Gasteiger partial charge >= 0.3 is 5.97 Å². The summed E-state index contributed by atoms with van der Waals surface area (Å²) in [7, 11) is 0. The molecule has 1 aliphatic heterocycles. The molecule has 1 aliphatic carbocycles. The summed E-state index contributed by atoms with van der Waals surface area (Å²) in [6, 6.07) is 4.83. The number of β-amino-alcohol motifs (C(OH)–C–C–N with tert-alkyl or cyclic N) is 1. The molecular weight excluding hydrogens is 350 g/mol. The molecule has 4 N–H and O–H groups in total. The molecule has 1 saturated heterocycles. The number of aliphatic hydroxyl groups is 1. The smallest absolute Gasteiger partial charge is 0.326 e. The van der Waals surface area contributed by atoms with Gasteiger partial charge in [0.2, 0.25) is 5.95 Å². The third-order valence-electron chi connectivity index (χ3n) is 5.06. The van der Waals surface area contributed by atoms with E-state index in [-0.39, 0.29) is 18.9 Å². The molecule has 1 saturated carbocycles. The van der Waals surface area contributed by atoms with Crippen molar-refractivity contribution in [2.45, 2.75) is 37.3 Å². The van der Waals surface area contributed by atoms with Crippen molar-refractivity contribution >= 4 is 29.1 Å². The molecule has 3 aromatic rings. The van der Waals surface area contributed by atoms with Crippen molar-refractivity contribution in [1.29, 1.82) is 0 Å². The van der Waals surface area contributed by atoms with Crippen molar-refractivity contribution in [2.75, 3.05) is 16.8 Å². The van der Waals surface area contributed by atoms with Gasteiger partial charge in [-0.3, -0.25) is 5.10 Å². The maximum absolute atomic E-state index is 11.5. The van der Waals surface area contributed by atoms with E-state index < -0.39 is 18.1 Å². The van der Waals surface area contributed by atoms with Crippen LogP contribution in [0, 0.1) is 0 Å². The predicted molar refractivity (Wildman–Crippen MR) is 96.2 cm³/mol. The fourth-order valence-electron chi connectivity index (χ4n) is 3.53. The Hall–Kier alpha value is -3.14. The lowest BCUT2D eigenvalue weighted by Gasteiger charge is -2.21. The van der Waals surface area contributed by atoms with Crippen LogP contribution in [0.3, 0.4) is 0 Å². The third-order valence-corrected chi connectivity index (χ3v) is 5.06. The quantitative estimate of drug-likeness (QED) is 0.526. The lowest BCUT2D eigenvalue weighted by Crippen LogP contribution is -2.37. The number of hydrogen-bond donors (Lipinski definition) is 4. The average Bonchev–Trinajstić information content (AvgIpc) is 3.05. The van der Waals surface area contributed by atoms with Gasteiger partial charge in [0.1, 0.15) is 11.6 Å². The molecule has 0 spiro atoms. The first-order valence-electron chi connectivity index (χ1n) is 8.94. The van der Waals surface area contributed by atoms with Gasteiger partial charge in [0, 0.05) is 36.8 Å². The van der Waals surface area contributed by atoms with Gasteiger partial charge in [-0.05, 0) is 25.0 Å². The van der Waals surface area contributed by atoms with Gasteiger partial charge in [-0.15, -0.1) is 5.10 Å². The molecule has 10 heteroatoms. The number of nitrogens with zero attached hydrogens (tertiary/aromatic N) is 5. The second-order valence-corrected chi connectivity index (χ2v) is 7.10. The minimum atomic E-state index is -1.00. The fraction of sp³-hybridized carbons (Fsp3) is 0.412. The maximum atomic E-state index is 11.5. The van der Waals surface area contributed by atoms with Crippen molar-refractivity contribution < 1.29 is 15.0 Å². The Balaban J connectivity index is 1.51. The van der Waals surface area contributed by atoms with E-state index in [1.807, 2.05) is 18.2 Å². The molecule has 0 unspecified atom stereocenters. The number of carboxylic acid groups (broad SMARTS) is 1. The van der Waals surface area contributed by atoms with Crippen LogP contribution in [0.15, 0.2) is 24.4 Å². The van der Waals surface area contributed by atoms with Gasteiger partial charge in [-0.2, -0.15) is 10.1 Å². The van der Waals surface area contributed by atoms with E-state index in [1.165, 1.54) is 17.7 Å². The number of aromatic nitrogens is 5. The van der Waals surface area contributed by atoms with E-state index in [9.17, 15) is 15.0 Å². The van der Waals surface area contributed by atoms with E-state index in [2.05, 4.69) is 25.6 Å². The number of rotatable bonds is 5. The van der Waals surface area contributed by atoms with Crippen LogP contribution in [0.1, 0.15) is 30.9 Å². The minimum absolute atomic E-state index is 0.148. The summed E-state index contributed by atoms with van der Waals surface area (Å²) in [5, 5.41) is 34.3. The molecule has 5 rings (SSSR count). The zero-order valence-corrected chi connectivity index (χ0v) is 14.4. The van der Waals surface area contributed by atoms with Crippen LogP contribution < -0.4 is 10.2 Å². The highest BCUT2D eigenvalue weighted by molar-refractivity contribution is 5.79. The number of aliphatic carboxylic acids is 1. The van der Waals surface area contributed by atoms with E-state index >= 15 is 0 Å². The number of hydrogen-bond acceptors (Lipinski definition) is 7. The molecule has 0 bridgehead atoms. The molecule has 10 nitrogen and oxygen atoms in total. The second-order valence-electron chi connectivity index (χ2n) is 7.10. The maximum Gasteiger partial charge on any atom is 0.326 e. The zero-order valence-electron chi connectivity index (χ0n) is 14.4. The van der Waals surface area contributed by atoms with Crippen molar-refractivity contribution in [1.82, 2.24) is 24.8 Å². The van der Waals surface area contributed by atoms with Gasteiger partial charge in [-0.25, -0.2) is 9.31 Å². The molecule has 2 atom stereocenters. The molecule has 0 amide bonds. The van der Waals surface area contributed by atoms with E-state index in [4.69, 9.17) is 0 Å². The highest BCUT2D eigenvalue weighted by atomic mass is 16.4. The standard InChI is InChI=1S/C17H19N7O3/c25-10-6-13(16(26)27)23(8-10)17-19-15(12-2-1-5-24(12)22-17)18-14-7-11(20-21-14)9-3-4-9/h1-2,5,7,9-10,13,25H,3-4,6,8H2,(H,26,27)(H2,18,19,20,21,22)/t10-,13+/m1/s1. The Morgan fingerprint density at radius 1 is 1.37 bits per heavy atom. The number of nitrogens with one attached hydrogen (secondary N) is 2. The molecule has 27 heavy (non-hydrogen) atoms. The normalized spacial score (nSPS) is 22.5. The topological polar surface area (TPSA) is 132 Å². The Morgan fingerprint density at radius 3 is 3.00 bits per heavy atom. The Bertz CT molecular complexity index is 1010. The van der Waals surface area contributed by atoms with E-state index in [0.29, 0.717) is 17.6 Å². The average molecular weight is 369 g/mol. The van der Waals surface area contributed by atoms with Gasteiger partial charge in [0.05, 0.1) is 6.10 Å². The summed E-state index contributed by atoms with van der Waals surface area (Å²) in [5.74, 6) is 0.997. The fourth-order valence-corrected chi connectivity index (χ4v) is 3.53. The second kappa shape index (κ2) is 5.95. The van der Waals surface area contributed by atoms with Crippen LogP contribution in [-0.2, 0) is 4.79 Å². The molecule has 0 radical (unpaired) electrons. The van der Waals surface area contributed by atoms with Crippen LogP contribution in [-0.4, -0.2) is 59.7 Å². The first-order chi connectivity index (χ1) is 13.1. The SMILES string of the molecule is O=C(O)[C@@H]1C[C@@H](O)CN1c1nc(Nc2cc(C3CC3)[nH]n2)c2cccn2n1. The molecular formula is C17H19N7O3. The largest absolute Gasteiger partial charge is 0.480 e. The van der Waals surface area contributed by atoms with Gasteiger partial charge in [-0.1, -0.05) is 0 Å². The summed E-state index contributed by atoms with van der Waals surface area (Å²) >= 11 is 0. The van der Waals surface area contributed by atoms with Crippen LogP contribution >= 0.6 is 0 Å². The van der Waals surface area contributed by atoms with Crippen LogP contribution in [0.25, 0.3) is 5.52 Å². The lowest BCUT2D eigenvalue weighted by atomic mass is 10.2. The highest BCUT2D eigenvalue weighted by Crippen LogP contribution is 2.39. The van der Waals surface area contributed by atoms with Crippen molar-refractivity contribution in [3.8, 4) is 0 Å². The first kappa shape index (κ1) is 16.1. The van der Waals surface area contributed by atoms with Crippen LogP contribution in [0.5, 0.6) is 0 Å². The number of H-pyrrole nitrogens is 1. The van der Waals surface area contributed by atoms with Crippen molar-refractivity contribution in [3.63, 3.8) is 0 Å². The number of carboxylic acids is 1. The Kier molecular flexibility index (Phi) is 3.54. The summed E-state index contributed by atoms with van der Waals surface area (Å²) in [4.78, 5) is 17.6. The lowest BCUT2D eigenvalue weighted by molar-refractivity contribution is -0.138. The van der Waals surface area contributed by atoms with Gasteiger partial charge in [0.15, 0.2) is 11.6 Å². The van der Waals surface area contributed by atoms with Crippen molar-refractivity contribution in [2.24, 2.45) is 0 Å². The molecule has 4 heterocycles. The Morgan fingerprint density at radius 2 is 2.22 bits per heavy atom. The Labute approximate surface area is 153 Å². The molecule has 140 valence electrons. The predicted octanol–water partition coefficient (Wildman–Crippen LogP) is 1.10. The highest BCUT2D eigenvalue weighted by Gasteiger charge is 2.38. The number of carbonyl (C=O) groups is 1. The van der Waals surface area contributed by atoms with E-state index in [1.54, 1.807) is 10.7 Å². The minimum Gasteiger partial charge on any atom is -0.480 e. The molecule has 3 aromatic heterocycles. The summed E-state index contributed by atoms with van der Waals surface area (Å²) in [6.45, 7) is 0.178. The summed E-state index contributed by atoms with van der Waals surface area (Å²) in [5.41, 5.74) is 1.85. The molecule has 0 aromatic carbocycles. The van der Waals surface area contributed by atoms with Crippen LogP contribution in [0.2, 0.25) is 0 Å². The first-order valence-corrected chi connectivity index (χ1v) is 8.94. The monoisotopic (exact) mass is 369 g/mol. The number of aliphatic hydroxyl groups excluding tert-OH is 1. The number of fused-ring (bicyclic) bond motifs is 1. The molecule has 2 aliphatic rings. The van der Waals surface area contributed by atoms with Crippen molar-refractivity contribution in [3.05, 3.63) is 30.1 Å². The molecule has 2 fully saturated rings. The number of aromatic amines is 1. The summed E-state index contributed by atoms with van der Waals surface area (Å²) in [6.07, 6.45) is 3.55.